The molecule has 3 aromatic rings. The van der Waals surface area contributed by atoms with Gasteiger partial charge in [-0.1, -0.05) is 18.2 Å². The van der Waals surface area contributed by atoms with Gasteiger partial charge in [0.25, 0.3) is 0 Å². The minimum absolute atomic E-state index is 0.686. The molecule has 0 saturated carbocycles. The minimum atomic E-state index is 0.686. The van der Waals surface area contributed by atoms with E-state index in [9.17, 15) is 0 Å². The maximum absolute atomic E-state index is 8.77. The van der Waals surface area contributed by atoms with Crippen molar-refractivity contribution < 1.29 is 0 Å². The van der Waals surface area contributed by atoms with Crippen LogP contribution >= 0.6 is 0 Å². The molecule has 0 radical (unpaired) electrons. The first-order valence-electron chi connectivity index (χ1n) is 6.43. The molecule has 1 aromatic heterocycles. The maximum atomic E-state index is 8.77. The summed E-state index contributed by atoms with van der Waals surface area (Å²) in [5.41, 5.74) is 3.90. The number of nitrogens with one attached hydrogen (secondary N) is 1. The van der Waals surface area contributed by atoms with Gasteiger partial charge in [-0.3, -0.25) is 4.98 Å². The molecule has 0 saturated heterocycles. The van der Waals surface area contributed by atoms with Crippen molar-refractivity contribution in [2.45, 2.75) is 6.54 Å². The van der Waals surface area contributed by atoms with Crippen LogP contribution in [0.25, 0.3) is 10.9 Å². The summed E-state index contributed by atoms with van der Waals surface area (Å²) >= 11 is 0. The largest absolute Gasteiger partial charge is 0.381 e. The van der Waals surface area contributed by atoms with Crippen LogP contribution < -0.4 is 5.32 Å². The molecule has 3 nitrogen and oxygen atoms in total. The fourth-order valence-corrected chi connectivity index (χ4v) is 2.09. The quantitative estimate of drug-likeness (QED) is 0.779. The molecular weight excluding hydrogens is 246 g/mol. The van der Waals surface area contributed by atoms with E-state index in [4.69, 9.17) is 5.26 Å². The molecular formula is C17H13N3. The van der Waals surface area contributed by atoms with E-state index in [2.05, 4.69) is 28.5 Å². The van der Waals surface area contributed by atoms with Gasteiger partial charge in [-0.05, 0) is 42.0 Å². The maximum Gasteiger partial charge on any atom is 0.0991 e. The number of hydrogen-bond donors (Lipinski definition) is 1. The molecule has 0 amide bonds. The second-order valence-corrected chi connectivity index (χ2v) is 4.57. The van der Waals surface area contributed by atoms with E-state index in [1.54, 1.807) is 6.20 Å². The number of aromatic nitrogens is 1. The van der Waals surface area contributed by atoms with Crippen molar-refractivity contribution in [3.63, 3.8) is 0 Å². The Morgan fingerprint density at radius 2 is 1.90 bits per heavy atom. The van der Waals surface area contributed by atoms with Gasteiger partial charge in [-0.2, -0.15) is 5.26 Å². The average molecular weight is 259 g/mol. The second kappa shape index (κ2) is 5.41. The van der Waals surface area contributed by atoms with Gasteiger partial charge in [0.05, 0.1) is 17.1 Å². The Morgan fingerprint density at radius 1 is 1.05 bits per heavy atom. The number of anilines is 1. The van der Waals surface area contributed by atoms with Gasteiger partial charge in [-0.25, -0.2) is 0 Å². The highest BCUT2D eigenvalue weighted by molar-refractivity contribution is 5.82. The Labute approximate surface area is 117 Å². The third-order valence-electron chi connectivity index (χ3n) is 3.18. The van der Waals surface area contributed by atoms with Crippen molar-refractivity contribution in [1.82, 2.24) is 4.98 Å². The molecule has 2 aromatic carbocycles. The van der Waals surface area contributed by atoms with Gasteiger partial charge in [0.1, 0.15) is 0 Å². The summed E-state index contributed by atoms with van der Waals surface area (Å²) in [5, 5.41) is 13.3. The zero-order valence-corrected chi connectivity index (χ0v) is 10.9. The topological polar surface area (TPSA) is 48.7 Å². The van der Waals surface area contributed by atoms with Crippen molar-refractivity contribution in [2.24, 2.45) is 0 Å². The lowest BCUT2D eigenvalue weighted by Crippen LogP contribution is -1.99. The van der Waals surface area contributed by atoms with Crippen LogP contribution in [-0.2, 0) is 6.54 Å². The van der Waals surface area contributed by atoms with Crippen LogP contribution in [-0.4, -0.2) is 4.98 Å². The van der Waals surface area contributed by atoms with Gasteiger partial charge in [0, 0.05) is 23.8 Å². The molecule has 0 fully saturated rings. The van der Waals surface area contributed by atoms with E-state index in [1.165, 1.54) is 0 Å². The molecule has 3 rings (SSSR count). The van der Waals surface area contributed by atoms with Crippen molar-refractivity contribution in [3.05, 3.63) is 71.9 Å². The van der Waals surface area contributed by atoms with Crippen molar-refractivity contribution >= 4 is 16.6 Å². The first-order chi connectivity index (χ1) is 9.85. The summed E-state index contributed by atoms with van der Waals surface area (Å²) in [6.07, 6.45) is 1.80. The van der Waals surface area contributed by atoms with Gasteiger partial charge in [0.15, 0.2) is 0 Å². The first kappa shape index (κ1) is 12.2. The SMILES string of the molecule is N#Cc1ccc(CNc2ccc3ncccc3c2)cc1. The van der Waals surface area contributed by atoms with Gasteiger partial charge >= 0.3 is 0 Å². The second-order valence-electron chi connectivity index (χ2n) is 4.57. The summed E-state index contributed by atoms with van der Waals surface area (Å²) in [6.45, 7) is 0.734. The summed E-state index contributed by atoms with van der Waals surface area (Å²) < 4.78 is 0. The van der Waals surface area contributed by atoms with Crippen LogP contribution in [0.2, 0.25) is 0 Å². The Kier molecular flexibility index (Phi) is 3.30. The van der Waals surface area contributed by atoms with Gasteiger partial charge < -0.3 is 5.32 Å². The molecule has 0 aliphatic heterocycles. The Hall–Kier alpha value is -2.86. The van der Waals surface area contributed by atoms with Crippen molar-refractivity contribution in [1.29, 1.82) is 5.26 Å². The molecule has 0 bridgehead atoms. The van der Waals surface area contributed by atoms with Crippen LogP contribution in [0.1, 0.15) is 11.1 Å². The summed E-state index contributed by atoms with van der Waals surface area (Å²) in [6, 6.07) is 19.8. The number of nitrogens with zero attached hydrogens (tertiary/aromatic N) is 2. The van der Waals surface area contributed by atoms with Crippen molar-refractivity contribution in [2.75, 3.05) is 5.32 Å². The van der Waals surface area contributed by atoms with Crippen LogP contribution in [0.15, 0.2) is 60.8 Å². The number of hydrogen-bond acceptors (Lipinski definition) is 3. The monoisotopic (exact) mass is 259 g/mol. The fourth-order valence-electron chi connectivity index (χ4n) is 2.09. The highest BCUT2D eigenvalue weighted by Crippen LogP contribution is 2.17. The predicted octanol–water partition coefficient (Wildman–Crippen LogP) is 3.72. The van der Waals surface area contributed by atoms with Crippen LogP contribution in [0.3, 0.4) is 0 Å². The third-order valence-corrected chi connectivity index (χ3v) is 3.18. The summed E-state index contributed by atoms with van der Waals surface area (Å²) in [5.74, 6) is 0. The van der Waals surface area contributed by atoms with E-state index >= 15 is 0 Å². The number of pyridine rings is 1. The van der Waals surface area contributed by atoms with Crippen LogP contribution in [0.5, 0.6) is 0 Å². The van der Waals surface area contributed by atoms with E-state index in [0.29, 0.717) is 5.56 Å². The summed E-state index contributed by atoms with van der Waals surface area (Å²) in [4.78, 5) is 4.30. The standard InChI is InChI=1S/C17H13N3/c18-11-13-3-5-14(6-4-13)12-20-16-7-8-17-15(10-16)2-1-9-19-17/h1-10,20H,12H2. The number of rotatable bonds is 3. The minimum Gasteiger partial charge on any atom is -0.381 e. The highest BCUT2D eigenvalue weighted by Gasteiger charge is 1.98. The molecule has 0 unspecified atom stereocenters. The van der Waals surface area contributed by atoms with Crippen molar-refractivity contribution in [3.8, 4) is 6.07 Å². The Balaban J connectivity index is 1.74. The highest BCUT2D eigenvalue weighted by atomic mass is 14.9. The number of benzene rings is 2. The lowest BCUT2D eigenvalue weighted by molar-refractivity contribution is 1.15. The van der Waals surface area contributed by atoms with Gasteiger partial charge in [0.2, 0.25) is 0 Å². The lowest BCUT2D eigenvalue weighted by Gasteiger charge is -2.07. The molecule has 3 heteroatoms. The molecule has 1 heterocycles. The van der Waals surface area contributed by atoms with E-state index in [1.807, 2.05) is 42.5 Å². The molecule has 20 heavy (non-hydrogen) atoms. The molecule has 1 N–H and O–H groups in total. The Morgan fingerprint density at radius 3 is 2.70 bits per heavy atom. The lowest BCUT2D eigenvalue weighted by atomic mass is 10.1. The fraction of sp³-hybridized carbons (Fsp3) is 0.0588. The first-order valence-corrected chi connectivity index (χ1v) is 6.43. The van der Waals surface area contributed by atoms with Crippen LogP contribution in [0, 0.1) is 11.3 Å². The Bertz CT molecular complexity index is 770. The van der Waals surface area contributed by atoms with Gasteiger partial charge in [-0.15, -0.1) is 0 Å². The van der Waals surface area contributed by atoms with E-state index in [0.717, 1.165) is 28.7 Å². The molecule has 0 aliphatic carbocycles. The molecule has 0 aliphatic rings. The van der Waals surface area contributed by atoms with Crippen LogP contribution in [0.4, 0.5) is 5.69 Å². The zero-order chi connectivity index (χ0) is 13.8. The predicted molar refractivity (Wildman–Crippen MR) is 80.2 cm³/mol. The van der Waals surface area contributed by atoms with E-state index < -0.39 is 0 Å². The molecule has 0 spiro atoms. The smallest absolute Gasteiger partial charge is 0.0991 e. The molecule has 0 atom stereocenters. The third kappa shape index (κ3) is 2.60. The molecule has 96 valence electrons. The van der Waals surface area contributed by atoms with E-state index in [-0.39, 0.29) is 0 Å². The number of fused-ring (bicyclic) bond motifs is 1. The normalized spacial score (nSPS) is 10.2. The number of nitriles is 1. The summed E-state index contributed by atoms with van der Waals surface area (Å²) in [7, 11) is 0. The zero-order valence-electron chi connectivity index (χ0n) is 10.9. The average Bonchev–Trinajstić information content (AvgIpc) is 2.53.